The number of ether oxygens (including phenoxy) is 5. The van der Waals surface area contributed by atoms with Crippen LogP contribution in [0, 0.1) is 30.3 Å². The van der Waals surface area contributed by atoms with Crippen LogP contribution >= 0.6 is 7.37 Å². The number of hydrogen-bond acceptors (Lipinski definition) is 12. The van der Waals surface area contributed by atoms with Crippen molar-refractivity contribution >= 4 is 35.0 Å². The fourth-order valence-corrected chi connectivity index (χ4v) is 5.03. The second kappa shape index (κ2) is 12.5. The van der Waals surface area contributed by atoms with Gasteiger partial charge in [0, 0.05) is 18.2 Å². The van der Waals surface area contributed by atoms with Gasteiger partial charge in [0.25, 0.3) is 18.7 Å². The van der Waals surface area contributed by atoms with Crippen molar-refractivity contribution < 1.29 is 47.9 Å². The molecule has 3 rings (SSSR count). The van der Waals surface area contributed by atoms with Gasteiger partial charge in [0.15, 0.2) is 0 Å². The van der Waals surface area contributed by atoms with E-state index in [1.165, 1.54) is 0 Å². The number of fused-ring (bicyclic) bond motifs is 2. The van der Waals surface area contributed by atoms with Crippen LogP contribution < -0.4 is 20.1 Å². The fraction of sp³-hybridized carbons (Fsp3) is 0.400. The van der Waals surface area contributed by atoms with E-state index >= 15 is 0 Å². The molecule has 0 fully saturated rings. The summed E-state index contributed by atoms with van der Waals surface area (Å²) >= 11 is 0. The molecule has 0 radical (unpaired) electrons. The molecule has 2 aromatic carbocycles. The topological polar surface area (TPSA) is 213 Å². The molecule has 16 nitrogen and oxygen atoms in total. The van der Waals surface area contributed by atoms with E-state index in [1.807, 2.05) is 0 Å². The molecule has 0 saturated heterocycles. The lowest BCUT2D eigenvalue weighted by molar-refractivity contribution is -0.394. The summed E-state index contributed by atoms with van der Waals surface area (Å²) in [5.41, 5.74) is -2.39. The molecule has 2 aromatic rings. The number of nitro benzene ring substituents is 3. The molecule has 0 aliphatic carbocycles. The standard InChI is InChI=1S/C20H22N3O13P/c24-21(25)14-1-2-17-18(12-14)37(30,31)19-13-15(22(26)27)11-16(23(28)29)20(19)36-10-8-34-6-4-32-3-5-33-7-9-35-17/h1-2,11-13H,3-10H2,(H,30,31). The number of rotatable bonds is 3. The minimum absolute atomic E-state index is 0.0304. The Kier molecular flexibility index (Phi) is 9.43. The zero-order valence-corrected chi connectivity index (χ0v) is 20.1. The van der Waals surface area contributed by atoms with Crippen LogP contribution in [0.1, 0.15) is 0 Å². The van der Waals surface area contributed by atoms with E-state index in [0.29, 0.717) is 12.1 Å². The Labute approximate surface area is 208 Å². The predicted molar refractivity (Wildman–Crippen MR) is 125 cm³/mol. The van der Waals surface area contributed by atoms with Gasteiger partial charge in [-0.25, -0.2) is 0 Å². The molecule has 200 valence electrons. The Balaban J connectivity index is 2.20. The molecule has 1 heterocycles. The van der Waals surface area contributed by atoms with Gasteiger partial charge >= 0.3 is 5.69 Å². The fourth-order valence-electron chi connectivity index (χ4n) is 3.26. The molecule has 17 heteroatoms. The normalized spacial score (nSPS) is 19.6. The van der Waals surface area contributed by atoms with Gasteiger partial charge in [-0.3, -0.25) is 34.9 Å². The molecule has 0 amide bonds. The first kappa shape index (κ1) is 27.9. The Morgan fingerprint density at radius 1 is 0.676 bits per heavy atom. The van der Waals surface area contributed by atoms with E-state index in [9.17, 15) is 39.8 Å². The molecule has 0 bridgehead atoms. The molecular weight excluding hydrogens is 521 g/mol. The molecule has 0 aromatic heterocycles. The summed E-state index contributed by atoms with van der Waals surface area (Å²) in [7, 11) is -5.04. The van der Waals surface area contributed by atoms with Gasteiger partial charge in [-0.1, -0.05) is 0 Å². The van der Waals surface area contributed by atoms with Crippen LogP contribution in [0.25, 0.3) is 0 Å². The number of benzene rings is 2. The van der Waals surface area contributed by atoms with Crippen molar-refractivity contribution in [3.8, 4) is 11.5 Å². The van der Waals surface area contributed by atoms with E-state index in [4.69, 9.17) is 23.7 Å². The summed E-state index contributed by atoms with van der Waals surface area (Å²) in [5.74, 6) is -0.982. The van der Waals surface area contributed by atoms with E-state index in [2.05, 4.69) is 0 Å². The monoisotopic (exact) mass is 543 g/mol. The second-order valence-electron chi connectivity index (χ2n) is 7.35. The highest BCUT2D eigenvalue weighted by Crippen LogP contribution is 2.48. The summed E-state index contributed by atoms with van der Waals surface area (Å²) in [6.45, 7) is 0.319. The highest BCUT2D eigenvalue weighted by Gasteiger charge is 2.39. The number of nitro groups is 3. The zero-order valence-electron chi connectivity index (χ0n) is 19.2. The number of nitrogens with zero attached hydrogens (tertiary/aromatic N) is 3. The molecule has 1 aliphatic heterocycles. The maximum atomic E-state index is 13.9. The minimum atomic E-state index is -5.04. The summed E-state index contributed by atoms with van der Waals surface area (Å²) in [6, 6.07) is 4.12. The quantitative estimate of drug-likeness (QED) is 0.330. The third-order valence-corrected chi connectivity index (χ3v) is 6.94. The van der Waals surface area contributed by atoms with Crippen molar-refractivity contribution in [2.24, 2.45) is 0 Å². The van der Waals surface area contributed by atoms with Crippen molar-refractivity contribution in [2.45, 2.75) is 0 Å². The Morgan fingerprint density at radius 3 is 1.73 bits per heavy atom. The van der Waals surface area contributed by atoms with Crippen LogP contribution in [0.3, 0.4) is 0 Å². The van der Waals surface area contributed by atoms with Crippen LogP contribution in [-0.4, -0.2) is 72.5 Å². The Morgan fingerprint density at radius 2 is 1.19 bits per heavy atom. The molecule has 1 aliphatic rings. The highest BCUT2D eigenvalue weighted by atomic mass is 31.2. The smallest absolute Gasteiger partial charge is 0.318 e. The van der Waals surface area contributed by atoms with Gasteiger partial charge in [0.2, 0.25) is 5.75 Å². The summed E-state index contributed by atoms with van der Waals surface area (Å²) in [4.78, 5) is 43.0. The minimum Gasteiger partial charge on any atom is -0.490 e. The van der Waals surface area contributed by atoms with E-state index < -0.39 is 55.6 Å². The molecular formula is C20H22N3O13P. The van der Waals surface area contributed by atoms with Gasteiger partial charge in [0.05, 0.1) is 71.1 Å². The summed E-state index contributed by atoms with van der Waals surface area (Å²) < 4.78 is 40.8. The lowest BCUT2D eigenvalue weighted by atomic mass is 10.2. The van der Waals surface area contributed by atoms with Crippen molar-refractivity contribution in [3.05, 3.63) is 60.7 Å². The van der Waals surface area contributed by atoms with Crippen molar-refractivity contribution in [1.29, 1.82) is 0 Å². The zero-order chi connectivity index (χ0) is 27.0. The maximum Gasteiger partial charge on any atom is 0.318 e. The average molecular weight is 543 g/mol. The van der Waals surface area contributed by atoms with Crippen LogP contribution in [0.2, 0.25) is 0 Å². The largest absolute Gasteiger partial charge is 0.490 e. The molecule has 1 unspecified atom stereocenters. The molecule has 37 heavy (non-hydrogen) atoms. The van der Waals surface area contributed by atoms with Gasteiger partial charge in [-0.2, -0.15) is 0 Å². The second-order valence-corrected chi connectivity index (χ2v) is 9.46. The van der Waals surface area contributed by atoms with Crippen LogP contribution in [0.15, 0.2) is 30.3 Å². The van der Waals surface area contributed by atoms with E-state index in [0.717, 1.165) is 18.2 Å². The molecule has 1 atom stereocenters. The maximum absolute atomic E-state index is 13.9. The van der Waals surface area contributed by atoms with Crippen LogP contribution in [0.5, 0.6) is 11.5 Å². The van der Waals surface area contributed by atoms with E-state index in [-0.39, 0.29) is 58.6 Å². The Bertz CT molecular complexity index is 1220. The van der Waals surface area contributed by atoms with Crippen molar-refractivity contribution in [3.63, 3.8) is 0 Å². The summed E-state index contributed by atoms with van der Waals surface area (Å²) in [5, 5.41) is 33.1. The predicted octanol–water partition coefficient (Wildman–Crippen LogP) is 1.45. The van der Waals surface area contributed by atoms with E-state index in [1.54, 1.807) is 0 Å². The average Bonchev–Trinajstić information content (AvgIpc) is 2.85. The van der Waals surface area contributed by atoms with Crippen molar-refractivity contribution in [2.75, 3.05) is 52.9 Å². The SMILES string of the molecule is O=[N+]([O-])c1ccc2c(c1)P(=O)(O)c1cc([N+](=O)[O-])cc([N+](=O)[O-])c1OCCOCCOCCOCCO2. The molecule has 1 N–H and O–H groups in total. The third kappa shape index (κ3) is 6.96. The van der Waals surface area contributed by atoms with Gasteiger partial charge in [-0.05, 0) is 6.07 Å². The lowest BCUT2D eigenvalue weighted by Crippen LogP contribution is -2.24. The summed E-state index contributed by atoms with van der Waals surface area (Å²) in [6.07, 6.45) is 0. The lowest BCUT2D eigenvalue weighted by Gasteiger charge is -2.19. The first-order chi connectivity index (χ1) is 17.6. The highest BCUT2D eigenvalue weighted by molar-refractivity contribution is 7.74. The van der Waals surface area contributed by atoms with Gasteiger partial charge < -0.3 is 28.6 Å². The first-order valence-electron chi connectivity index (χ1n) is 10.7. The Hall–Kier alpha value is -3.69. The third-order valence-electron chi connectivity index (χ3n) is 4.95. The number of non-ortho nitro benzene ring substituents is 2. The van der Waals surface area contributed by atoms with Gasteiger partial charge in [0.1, 0.15) is 19.0 Å². The molecule has 0 spiro atoms. The number of hydrogen-bond donors (Lipinski definition) is 1. The van der Waals surface area contributed by atoms with Crippen LogP contribution in [-0.2, 0) is 18.8 Å². The van der Waals surface area contributed by atoms with Gasteiger partial charge in [-0.15, -0.1) is 0 Å². The van der Waals surface area contributed by atoms with Crippen LogP contribution in [0.4, 0.5) is 17.1 Å². The molecule has 0 saturated carbocycles. The van der Waals surface area contributed by atoms with Crippen molar-refractivity contribution in [1.82, 2.24) is 0 Å². The first-order valence-corrected chi connectivity index (χ1v) is 12.4.